The van der Waals surface area contributed by atoms with Gasteiger partial charge in [0.1, 0.15) is 6.10 Å². The van der Waals surface area contributed by atoms with E-state index in [1.165, 1.54) is 6.07 Å². The van der Waals surface area contributed by atoms with Gasteiger partial charge < -0.3 is 4.74 Å². The van der Waals surface area contributed by atoms with Gasteiger partial charge in [0.2, 0.25) is 0 Å². The van der Waals surface area contributed by atoms with Gasteiger partial charge in [0.25, 0.3) is 0 Å². The summed E-state index contributed by atoms with van der Waals surface area (Å²) in [6.45, 7) is 1.73. The quantitative estimate of drug-likeness (QED) is 0.571. The Bertz CT molecular complexity index is 466. The van der Waals surface area contributed by atoms with E-state index in [1.54, 1.807) is 25.1 Å². The van der Waals surface area contributed by atoms with E-state index in [0.29, 0.717) is 17.5 Å². The molecule has 0 aliphatic heterocycles. The highest BCUT2D eigenvalue weighted by Crippen LogP contribution is 2.08. The molecule has 0 aliphatic rings. The third kappa shape index (κ3) is 3.15. The van der Waals surface area contributed by atoms with Gasteiger partial charge in [-0.15, -0.1) is 12.3 Å². The second-order valence-electron chi connectivity index (χ2n) is 3.32. The summed E-state index contributed by atoms with van der Waals surface area (Å²) in [5, 5.41) is 8.68. The second kappa shape index (κ2) is 5.58. The fourth-order valence-electron chi connectivity index (χ4n) is 1.17. The topological polar surface area (TPSA) is 50.1 Å². The van der Waals surface area contributed by atoms with E-state index >= 15 is 0 Å². The minimum absolute atomic E-state index is 0.316. The Morgan fingerprint density at radius 2 is 2.38 bits per heavy atom. The number of hydrogen-bond donors (Lipinski definition) is 0. The maximum Gasteiger partial charge on any atom is 0.338 e. The van der Waals surface area contributed by atoms with Gasteiger partial charge in [-0.05, 0) is 25.1 Å². The summed E-state index contributed by atoms with van der Waals surface area (Å²) in [7, 11) is 0. The van der Waals surface area contributed by atoms with Crippen molar-refractivity contribution in [2.45, 2.75) is 19.4 Å². The van der Waals surface area contributed by atoms with Crippen LogP contribution in [0.15, 0.2) is 24.3 Å². The molecule has 0 saturated carbocycles. The van der Waals surface area contributed by atoms with Crippen LogP contribution >= 0.6 is 0 Å². The summed E-state index contributed by atoms with van der Waals surface area (Å²) in [4.78, 5) is 11.6. The van der Waals surface area contributed by atoms with Crippen molar-refractivity contribution < 1.29 is 9.53 Å². The molecule has 1 aromatic rings. The molecule has 3 nitrogen and oxygen atoms in total. The number of esters is 1. The molecule has 0 N–H and O–H groups in total. The van der Waals surface area contributed by atoms with Gasteiger partial charge in [0.05, 0.1) is 17.2 Å². The average Bonchev–Trinajstić information content (AvgIpc) is 2.29. The second-order valence-corrected chi connectivity index (χ2v) is 3.32. The van der Waals surface area contributed by atoms with Crippen molar-refractivity contribution in [3.05, 3.63) is 35.4 Å². The summed E-state index contributed by atoms with van der Waals surface area (Å²) < 4.78 is 5.09. The number of hydrogen-bond acceptors (Lipinski definition) is 3. The fraction of sp³-hybridized carbons (Fsp3) is 0.231. The SMILES string of the molecule is C#CC[C@@H](C)OC(=O)c1cccc(C#N)c1. The molecule has 1 rings (SSSR count). The number of terminal acetylenes is 1. The number of ether oxygens (including phenoxy) is 1. The number of carbonyl (C=O) groups is 1. The first kappa shape index (κ1) is 11.8. The minimum Gasteiger partial charge on any atom is -0.458 e. The lowest BCUT2D eigenvalue weighted by Gasteiger charge is -2.10. The molecule has 3 heteroatoms. The van der Waals surface area contributed by atoms with Crippen LogP contribution in [0.4, 0.5) is 0 Å². The van der Waals surface area contributed by atoms with Crippen molar-refractivity contribution in [1.29, 1.82) is 5.26 Å². The lowest BCUT2D eigenvalue weighted by molar-refractivity contribution is 0.0352. The van der Waals surface area contributed by atoms with E-state index < -0.39 is 5.97 Å². The normalized spacial score (nSPS) is 10.9. The fourth-order valence-corrected chi connectivity index (χ4v) is 1.17. The van der Waals surface area contributed by atoms with Crippen LogP contribution in [0, 0.1) is 23.7 Å². The molecule has 0 aliphatic carbocycles. The Hall–Kier alpha value is -2.26. The van der Waals surface area contributed by atoms with E-state index in [1.807, 2.05) is 6.07 Å². The van der Waals surface area contributed by atoms with Gasteiger partial charge in [-0.1, -0.05) is 6.07 Å². The lowest BCUT2D eigenvalue weighted by atomic mass is 10.1. The molecule has 0 spiro atoms. The molecule has 0 radical (unpaired) electrons. The molecular weight excluding hydrogens is 202 g/mol. The summed E-state index contributed by atoms with van der Waals surface area (Å²) >= 11 is 0. The van der Waals surface area contributed by atoms with Gasteiger partial charge in [-0.2, -0.15) is 5.26 Å². The summed E-state index contributed by atoms with van der Waals surface area (Å²) in [6.07, 6.45) is 5.17. The molecule has 0 heterocycles. The standard InChI is InChI=1S/C13H11NO2/c1-3-5-10(2)16-13(15)12-7-4-6-11(8-12)9-14/h1,4,6-8,10H,5H2,2H3/t10-/m1/s1. The molecule has 0 unspecified atom stereocenters. The maximum atomic E-state index is 11.6. The number of carbonyl (C=O) groups excluding carboxylic acids is 1. The number of nitrogens with zero attached hydrogens (tertiary/aromatic N) is 1. The summed E-state index contributed by atoms with van der Waals surface area (Å²) in [5.74, 6) is 1.96. The Morgan fingerprint density at radius 1 is 1.62 bits per heavy atom. The highest BCUT2D eigenvalue weighted by Gasteiger charge is 2.11. The molecule has 1 atom stereocenters. The first-order valence-electron chi connectivity index (χ1n) is 4.82. The highest BCUT2D eigenvalue weighted by molar-refractivity contribution is 5.89. The van der Waals surface area contributed by atoms with E-state index in [2.05, 4.69) is 5.92 Å². The first-order chi connectivity index (χ1) is 7.67. The molecular formula is C13H11NO2. The van der Waals surface area contributed by atoms with Crippen molar-refractivity contribution in [3.8, 4) is 18.4 Å². The Labute approximate surface area is 94.7 Å². The van der Waals surface area contributed by atoms with Crippen molar-refractivity contribution in [1.82, 2.24) is 0 Å². The molecule has 0 amide bonds. The van der Waals surface area contributed by atoms with Gasteiger partial charge in [-0.3, -0.25) is 0 Å². The van der Waals surface area contributed by atoms with Crippen LogP contribution < -0.4 is 0 Å². The third-order valence-corrected chi connectivity index (χ3v) is 1.94. The van der Waals surface area contributed by atoms with E-state index in [9.17, 15) is 4.79 Å². The number of rotatable bonds is 3. The van der Waals surface area contributed by atoms with E-state index in [4.69, 9.17) is 16.4 Å². The van der Waals surface area contributed by atoms with Crippen LogP contribution in [0.3, 0.4) is 0 Å². The number of benzene rings is 1. The average molecular weight is 213 g/mol. The largest absolute Gasteiger partial charge is 0.458 e. The minimum atomic E-state index is -0.458. The zero-order valence-corrected chi connectivity index (χ0v) is 8.93. The van der Waals surface area contributed by atoms with Crippen molar-refractivity contribution in [2.24, 2.45) is 0 Å². The smallest absolute Gasteiger partial charge is 0.338 e. The predicted octanol–water partition coefficient (Wildman–Crippen LogP) is 2.13. The van der Waals surface area contributed by atoms with Crippen LogP contribution in [-0.2, 0) is 4.74 Å². The lowest BCUT2D eigenvalue weighted by Crippen LogP contribution is -2.14. The molecule has 0 fully saturated rings. The van der Waals surface area contributed by atoms with Gasteiger partial charge >= 0.3 is 5.97 Å². The van der Waals surface area contributed by atoms with Gasteiger partial charge in [0.15, 0.2) is 0 Å². The molecule has 0 bridgehead atoms. The first-order valence-corrected chi connectivity index (χ1v) is 4.82. The molecule has 1 aromatic carbocycles. The van der Waals surface area contributed by atoms with E-state index in [-0.39, 0.29) is 6.10 Å². The third-order valence-electron chi connectivity index (χ3n) is 1.94. The Kier molecular flexibility index (Phi) is 4.12. The maximum absolute atomic E-state index is 11.6. The van der Waals surface area contributed by atoms with Gasteiger partial charge in [0, 0.05) is 6.42 Å². The van der Waals surface area contributed by atoms with Crippen LogP contribution in [0.5, 0.6) is 0 Å². The van der Waals surface area contributed by atoms with E-state index in [0.717, 1.165) is 0 Å². The monoisotopic (exact) mass is 213 g/mol. The predicted molar refractivity (Wildman–Crippen MR) is 59.5 cm³/mol. The van der Waals surface area contributed by atoms with Crippen molar-refractivity contribution in [2.75, 3.05) is 0 Å². The molecule has 0 saturated heterocycles. The molecule has 16 heavy (non-hydrogen) atoms. The zero-order valence-electron chi connectivity index (χ0n) is 8.93. The molecule has 80 valence electrons. The summed E-state index contributed by atoms with van der Waals surface area (Å²) in [5.41, 5.74) is 0.793. The molecule has 0 aromatic heterocycles. The van der Waals surface area contributed by atoms with Crippen LogP contribution in [-0.4, -0.2) is 12.1 Å². The Balaban J connectivity index is 2.74. The van der Waals surface area contributed by atoms with Crippen molar-refractivity contribution in [3.63, 3.8) is 0 Å². The highest BCUT2D eigenvalue weighted by atomic mass is 16.5. The Morgan fingerprint density at radius 3 is 3.00 bits per heavy atom. The van der Waals surface area contributed by atoms with Crippen LogP contribution in [0.1, 0.15) is 29.3 Å². The number of nitriles is 1. The van der Waals surface area contributed by atoms with Crippen LogP contribution in [0.2, 0.25) is 0 Å². The van der Waals surface area contributed by atoms with Gasteiger partial charge in [-0.25, -0.2) is 4.79 Å². The summed E-state index contributed by atoms with van der Waals surface area (Å²) in [6, 6.07) is 8.32. The van der Waals surface area contributed by atoms with Crippen LogP contribution in [0.25, 0.3) is 0 Å². The zero-order chi connectivity index (χ0) is 12.0. The van der Waals surface area contributed by atoms with Crippen molar-refractivity contribution >= 4 is 5.97 Å².